The molecule has 1 amide bonds. The summed E-state index contributed by atoms with van der Waals surface area (Å²) in [6.07, 6.45) is 2.95. The van der Waals surface area contributed by atoms with Gasteiger partial charge in [0.1, 0.15) is 0 Å². The number of nitrogens with one attached hydrogen (secondary N) is 1. The number of nitro benzene ring substituents is 1. The minimum absolute atomic E-state index is 0.0700. The number of non-ortho nitro benzene ring substituents is 1. The molecular weight excluding hydrogens is 326 g/mol. The van der Waals surface area contributed by atoms with Crippen molar-refractivity contribution in [3.8, 4) is 0 Å². The smallest absolute Gasteiger partial charge is 0.269 e. The van der Waals surface area contributed by atoms with Crippen molar-refractivity contribution in [2.75, 3.05) is 19.6 Å². The number of benzene rings is 1. The van der Waals surface area contributed by atoms with Gasteiger partial charge in [0.05, 0.1) is 10.2 Å². The lowest BCUT2D eigenvalue weighted by Gasteiger charge is -2.36. The van der Waals surface area contributed by atoms with E-state index in [4.69, 9.17) is 0 Å². The molecule has 1 aromatic carbocycles. The monoisotopic (exact) mass is 351 g/mol. The molecule has 24 heavy (non-hydrogen) atoms. The number of thioether (sulfide) groups is 1. The SMILES string of the molecule is CCCN(C(=O)C(C)Sc1ccc([N+](=O)[O-])cc1)C1CCNCC1. The Morgan fingerprint density at radius 2 is 2.00 bits per heavy atom. The van der Waals surface area contributed by atoms with Crippen LogP contribution in [-0.2, 0) is 4.79 Å². The Morgan fingerprint density at radius 1 is 1.38 bits per heavy atom. The number of rotatable bonds is 7. The molecule has 1 fully saturated rings. The van der Waals surface area contributed by atoms with E-state index >= 15 is 0 Å². The minimum atomic E-state index is -0.414. The quantitative estimate of drug-likeness (QED) is 0.464. The summed E-state index contributed by atoms with van der Waals surface area (Å²) in [5.74, 6) is 0.159. The number of hydrogen-bond acceptors (Lipinski definition) is 5. The predicted molar refractivity (Wildman–Crippen MR) is 96.3 cm³/mol. The molecule has 0 aliphatic carbocycles. The fraction of sp³-hybridized carbons (Fsp3) is 0.588. The average Bonchev–Trinajstić information content (AvgIpc) is 2.60. The molecule has 6 nitrogen and oxygen atoms in total. The minimum Gasteiger partial charge on any atom is -0.339 e. The summed E-state index contributed by atoms with van der Waals surface area (Å²) in [6, 6.07) is 6.70. The molecule has 7 heteroatoms. The van der Waals surface area contributed by atoms with Gasteiger partial charge < -0.3 is 10.2 Å². The number of amides is 1. The van der Waals surface area contributed by atoms with Gasteiger partial charge in [0, 0.05) is 29.6 Å². The zero-order valence-corrected chi connectivity index (χ0v) is 15.1. The van der Waals surface area contributed by atoms with Crippen LogP contribution >= 0.6 is 11.8 Å². The molecule has 1 saturated heterocycles. The molecule has 1 aliphatic heterocycles. The van der Waals surface area contributed by atoms with Gasteiger partial charge in [-0.3, -0.25) is 14.9 Å². The van der Waals surface area contributed by atoms with Crippen molar-refractivity contribution in [3.63, 3.8) is 0 Å². The van der Waals surface area contributed by atoms with Crippen LogP contribution in [0.1, 0.15) is 33.1 Å². The van der Waals surface area contributed by atoms with E-state index in [9.17, 15) is 14.9 Å². The van der Waals surface area contributed by atoms with Crippen molar-refractivity contribution < 1.29 is 9.72 Å². The van der Waals surface area contributed by atoms with Gasteiger partial charge in [-0.15, -0.1) is 11.8 Å². The maximum atomic E-state index is 12.9. The second-order valence-electron chi connectivity index (χ2n) is 6.02. The molecule has 1 N–H and O–H groups in total. The summed E-state index contributed by atoms with van der Waals surface area (Å²) in [5.41, 5.74) is 0.0700. The van der Waals surface area contributed by atoms with Gasteiger partial charge in [-0.2, -0.15) is 0 Å². The van der Waals surface area contributed by atoms with Crippen LogP contribution in [0.2, 0.25) is 0 Å². The molecule has 0 spiro atoms. The molecule has 1 heterocycles. The van der Waals surface area contributed by atoms with Crippen LogP contribution in [0.4, 0.5) is 5.69 Å². The summed E-state index contributed by atoms with van der Waals surface area (Å²) >= 11 is 1.46. The van der Waals surface area contributed by atoms with Crippen molar-refractivity contribution in [2.45, 2.75) is 49.3 Å². The van der Waals surface area contributed by atoms with Gasteiger partial charge in [0.25, 0.3) is 5.69 Å². The van der Waals surface area contributed by atoms with Crippen molar-refractivity contribution in [1.82, 2.24) is 10.2 Å². The normalized spacial score (nSPS) is 16.6. The molecule has 0 aromatic heterocycles. The summed E-state index contributed by atoms with van der Waals surface area (Å²) in [4.78, 5) is 26.1. The van der Waals surface area contributed by atoms with Gasteiger partial charge in [0.15, 0.2) is 0 Å². The van der Waals surface area contributed by atoms with Gasteiger partial charge in [-0.05, 0) is 51.4 Å². The zero-order valence-electron chi connectivity index (χ0n) is 14.2. The summed E-state index contributed by atoms with van der Waals surface area (Å²) in [6.45, 7) is 6.71. The maximum absolute atomic E-state index is 12.9. The van der Waals surface area contributed by atoms with Crippen LogP contribution in [0.25, 0.3) is 0 Å². The summed E-state index contributed by atoms with van der Waals surface area (Å²) in [5, 5.41) is 13.8. The lowest BCUT2D eigenvalue weighted by Crippen LogP contribution is -2.48. The molecule has 1 atom stereocenters. The third-order valence-electron chi connectivity index (χ3n) is 4.21. The van der Waals surface area contributed by atoms with Crippen molar-refractivity contribution in [3.05, 3.63) is 34.4 Å². The Kier molecular flexibility index (Phi) is 7.05. The van der Waals surface area contributed by atoms with Crippen LogP contribution < -0.4 is 5.32 Å². The average molecular weight is 351 g/mol. The van der Waals surface area contributed by atoms with Crippen LogP contribution in [0.15, 0.2) is 29.2 Å². The first-order valence-corrected chi connectivity index (χ1v) is 9.33. The molecule has 0 bridgehead atoms. The van der Waals surface area contributed by atoms with Gasteiger partial charge >= 0.3 is 0 Å². The molecule has 0 radical (unpaired) electrons. The summed E-state index contributed by atoms with van der Waals surface area (Å²) < 4.78 is 0. The Morgan fingerprint density at radius 3 is 2.54 bits per heavy atom. The lowest BCUT2D eigenvalue weighted by atomic mass is 10.0. The Balaban J connectivity index is 2.01. The molecule has 1 unspecified atom stereocenters. The van der Waals surface area contributed by atoms with Gasteiger partial charge in [-0.1, -0.05) is 6.92 Å². The molecule has 0 saturated carbocycles. The van der Waals surface area contributed by atoms with Crippen molar-refractivity contribution in [1.29, 1.82) is 0 Å². The van der Waals surface area contributed by atoms with E-state index in [0.29, 0.717) is 6.04 Å². The van der Waals surface area contributed by atoms with Crippen LogP contribution in [0.3, 0.4) is 0 Å². The van der Waals surface area contributed by atoms with E-state index in [2.05, 4.69) is 12.2 Å². The number of carbonyl (C=O) groups is 1. The fourth-order valence-electron chi connectivity index (χ4n) is 2.97. The van der Waals surface area contributed by atoms with Crippen molar-refractivity contribution >= 4 is 23.4 Å². The first-order valence-electron chi connectivity index (χ1n) is 8.45. The van der Waals surface area contributed by atoms with Gasteiger partial charge in [0.2, 0.25) is 5.91 Å². The molecule has 1 aromatic rings. The van der Waals surface area contributed by atoms with E-state index in [-0.39, 0.29) is 16.8 Å². The van der Waals surface area contributed by atoms with Crippen LogP contribution in [0, 0.1) is 10.1 Å². The first-order chi connectivity index (χ1) is 11.5. The number of hydrogen-bond donors (Lipinski definition) is 1. The Hall–Kier alpha value is -1.60. The highest BCUT2D eigenvalue weighted by atomic mass is 32.2. The number of nitro groups is 1. The third-order valence-corrected chi connectivity index (χ3v) is 5.30. The first kappa shape index (κ1) is 18.7. The molecule has 2 rings (SSSR count). The van der Waals surface area contributed by atoms with E-state index in [1.54, 1.807) is 12.1 Å². The van der Waals surface area contributed by atoms with E-state index < -0.39 is 4.92 Å². The molecule has 1 aliphatic rings. The highest BCUT2D eigenvalue weighted by Gasteiger charge is 2.28. The maximum Gasteiger partial charge on any atom is 0.269 e. The Labute approximate surface area is 147 Å². The second kappa shape index (κ2) is 9.03. The topological polar surface area (TPSA) is 75.5 Å². The highest BCUT2D eigenvalue weighted by molar-refractivity contribution is 8.00. The standard InChI is InChI=1S/C17H25N3O3S/c1-3-12-19(14-8-10-18-11-9-14)17(21)13(2)24-16-6-4-15(5-7-16)20(22)23/h4-7,13-14,18H,3,8-12H2,1-2H3. The predicted octanol–water partition coefficient (Wildman–Crippen LogP) is 3.07. The number of carbonyl (C=O) groups excluding carboxylic acids is 1. The van der Waals surface area contributed by atoms with E-state index in [1.807, 2.05) is 11.8 Å². The molecular formula is C17H25N3O3S. The third kappa shape index (κ3) is 4.95. The van der Waals surface area contributed by atoms with E-state index in [1.165, 1.54) is 23.9 Å². The molecule has 132 valence electrons. The van der Waals surface area contributed by atoms with E-state index in [0.717, 1.165) is 43.8 Å². The van der Waals surface area contributed by atoms with Crippen molar-refractivity contribution in [2.24, 2.45) is 0 Å². The fourth-order valence-corrected chi connectivity index (χ4v) is 3.90. The second-order valence-corrected chi connectivity index (χ2v) is 7.44. The number of piperidine rings is 1. The number of nitrogens with zero attached hydrogens (tertiary/aromatic N) is 2. The zero-order chi connectivity index (χ0) is 17.5. The highest BCUT2D eigenvalue weighted by Crippen LogP contribution is 2.27. The van der Waals surface area contributed by atoms with Gasteiger partial charge in [-0.25, -0.2) is 0 Å². The van der Waals surface area contributed by atoms with Crippen LogP contribution in [-0.4, -0.2) is 46.7 Å². The summed E-state index contributed by atoms with van der Waals surface area (Å²) in [7, 11) is 0. The lowest BCUT2D eigenvalue weighted by molar-refractivity contribution is -0.384. The Bertz CT molecular complexity index is 559. The van der Waals surface area contributed by atoms with Crippen LogP contribution in [0.5, 0.6) is 0 Å². The largest absolute Gasteiger partial charge is 0.339 e.